The molecule has 0 bridgehead atoms. The van der Waals surface area contributed by atoms with Crippen molar-refractivity contribution in [2.45, 2.75) is 223 Å². The van der Waals surface area contributed by atoms with Crippen LogP contribution in [0, 0.1) is 5.92 Å². The maximum absolute atomic E-state index is 12.8. The van der Waals surface area contributed by atoms with Crippen LogP contribution in [0.3, 0.4) is 0 Å². The molecule has 2 rings (SSSR count). The van der Waals surface area contributed by atoms with Crippen LogP contribution in [-0.2, 0) is 99.6 Å². The molecule has 0 spiro atoms. The fraction of sp³-hybridized carbons (Fsp3) is 0.963. The Balaban J connectivity index is 1.21. The number of nitrogens with one attached hydrogen (secondary N) is 4. The number of hydrogen-bond donors (Lipinski definition) is 5. The molecule has 0 aromatic carbocycles. The number of carbonyl (C=O) groups is 3. The molecule has 1 unspecified atom stereocenters. The highest BCUT2D eigenvalue weighted by Crippen LogP contribution is 2.39. The molecule has 2 aliphatic rings. The molecule has 0 saturated carbocycles. The number of rotatable bonds is 94. The van der Waals surface area contributed by atoms with Gasteiger partial charge in [0.15, 0.2) is 0 Å². The van der Waals surface area contributed by atoms with Crippen LogP contribution in [0.15, 0.2) is 0 Å². The van der Waals surface area contributed by atoms with Crippen molar-refractivity contribution >= 4 is 29.6 Å². The molecule has 6 N–H and O–H groups in total. The average Bonchev–Trinajstić information content (AvgIpc) is 1.65. The van der Waals surface area contributed by atoms with E-state index in [0.717, 1.165) is 25.0 Å². The zero-order chi connectivity index (χ0) is 77.6. The first-order valence-corrected chi connectivity index (χ1v) is 44.0. The van der Waals surface area contributed by atoms with Crippen molar-refractivity contribution in [1.82, 2.24) is 21.3 Å². The van der Waals surface area contributed by atoms with Gasteiger partial charge in [0.2, 0.25) is 11.8 Å². The van der Waals surface area contributed by atoms with E-state index in [-0.39, 0.29) is 36.3 Å². The van der Waals surface area contributed by atoms with Crippen LogP contribution in [0.5, 0.6) is 0 Å². The van der Waals surface area contributed by atoms with Gasteiger partial charge in [0.1, 0.15) is 0 Å². The third kappa shape index (κ3) is 74.3. The Morgan fingerprint density at radius 2 is 0.560 bits per heavy atom. The SMILES string of the molecule is CCCCCCCCCCCCCCCCCCCCCCCCCCCCC(CCCC(=O)NCCOCCOCCOCCOCCOCCOCCOCCOCCOCCOCCOCCNC(=O)CCOCCOCCOCCOCCOCCOCCOCCOCCN)[C@@H]1SC[C@@H]2NC(=O)N[C@@H]21. The quantitative estimate of drug-likeness (QED) is 0.0279. The molecule has 0 aromatic rings. The van der Waals surface area contributed by atoms with E-state index in [4.69, 9.17) is 95.7 Å². The Hall–Kier alpha value is -2.24. The standard InChI is InChI=1S/C81H159N5O22S/c1-2-3-4-5-6-7-8-9-10-11-12-13-14-15-16-17-18-19-20-21-22-23-24-25-26-27-29-75(80-79-76(74-109-80)85-81(89)86-79)30-28-31-77(87)83-34-38-92-42-46-96-50-54-100-58-62-104-66-68-106-70-72-108-73-71-107-69-67-105-63-59-101-55-51-97-47-43-93-39-35-84-78(88)32-36-90-40-44-94-48-52-98-56-60-102-64-65-103-61-57-99-53-49-95-45-41-91-37-33-82/h75-76,79-80H,2-74,82H2,1H3,(H,83,87)(H,84,88)(H2,85,86,89)/t75?,76-,79-,80-/m0/s1. The summed E-state index contributed by atoms with van der Waals surface area (Å²) in [5.74, 6) is 1.43. The second-order valence-electron chi connectivity index (χ2n) is 27.7. The van der Waals surface area contributed by atoms with Gasteiger partial charge < -0.3 is 117 Å². The summed E-state index contributed by atoms with van der Waals surface area (Å²) < 4.78 is 105. The highest BCUT2D eigenvalue weighted by Gasteiger charge is 2.45. The number of urea groups is 1. The predicted molar refractivity (Wildman–Crippen MR) is 428 cm³/mol. The van der Waals surface area contributed by atoms with Gasteiger partial charge in [0.25, 0.3) is 0 Å². The molecule has 2 heterocycles. The van der Waals surface area contributed by atoms with Gasteiger partial charge in [-0.05, 0) is 25.2 Å². The largest absolute Gasteiger partial charge is 0.379 e. The summed E-state index contributed by atoms with van der Waals surface area (Å²) in [6.07, 6.45) is 40.3. The van der Waals surface area contributed by atoms with Crippen LogP contribution < -0.4 is 27.0 Å². The van der Waals surface area contributed by atoms with Crippen LogP contribution in [0.2, 0.25) is 0 Å². The number of ether oxygens (including phenoxy) is 19. The second kappa shape index (κ2) is 86.6. The fourth-order valence-corrected chi connectivity index (χ4v) is 14.1. The Morgan fingerprint density at radius 1 is 0.321 bits per heavy atom. The maximum atomic E-state index is 12.8. The van der Waals surface area contributed by atoms with Crippen molar-refractivity contribution in [3.8, 4) is 0 Å². The van der Waals surface area contributed by atoms with Crippen molar-refractivity contribution in [2.75, 3.05) is 276 Å². The first kappa shape index (κ1) is 103. The minimum absolute atomic E-state index is 0.0345. The summed E-state index contributed by atoms with van der Waals surface area (Å²) in [5, 5.41) is 12.6. The van der Waals surface area contributed by atoms with Gasteiger partial charge in [-0.25, -0.2) is 4.79 Å². The summed E-state index contributed by atoms with van der Waals surface area (Å²) >= 11 is 2.00. The zero-order valence-electron chi connectivity index (χ0n) is 68.4. The number of hydrogen-bond acceptors (Lipinski definition) is 24. The molecule has 0 radical (unpaired) electrons. The van der Waals surface area contributed by atoms with Crippen molar-refractivity contribution < 1.29 is 104 Å². The zero-order valence-corrected chi connectivity index (χ0v) is 69.2. The normalized spacial score (nSPS) is 15.1. The predicted octanol–water partition coefficient (Wildman–Crippen LogP) is 10.4. The average molecular weight is 1590 g/mol. The molecule has 2 aliphatic heterocycles. The summed E-state index contributed by atoms with van der Waals surface area (Å²) in [6.45, 7) is 21.3. The van der Waals surface area contributed by atoms with Crippen molar-refractivity contribution in [1.29, 1.82) is 0 Å². The number of thioether (sulfide) groups is 1. The summed E-state index contributed by atoms with van der Waals surface area (Å²) in [6, 6.07) is 0.370. The molecular weight excluding hydrogens is 1430 g/mol. The Kier molecular flexibility index (Phi) is 81.7. The molecular formula is C81H159N5O22S. The number of amides is 4. The highest BCUT2D eigenvalue weighted by molar-refractivity contribution is 8.00. The molecule has 4 atom stereocenters. The lowest BCUT2D eigenvalue weighted by atomic mass is 9.87. The van der Waals surface area contributed by atoms with Crippen molar-refractivity contribution in [2.24, 2.45) is 11.7 Å². The Bertz CT molecular complexity index is 1880. The smallest absolute Gasteiger partial charge is 0.315 e. The third-order valence-corrected chi connectivity index (χ3v) is 20.1. The summed E-state index contributed by atoms with van der Waals surface area (Å²) in [4.78, 5) is 37.0. The van der Waals surface area contributed by atoms with E-state index in [0.29, 0.717) is 288 Å². The maximum Gasteiger partial charge on any atom is 0.315 e. The van der Waals surface area contributed by atoms with Crippen LogP contribution in [0.1, 0.15) is 206 Å². The summed E-state index contributed by atoms with van der Waals surface area (Å²) in [7, 11) is 0. The number of unbranched alkanes of at least 4 members (excludes halogenated alkanes) is 25. The first-order valence-electron chi connectivity index (χ1n) is 42.9. The molecule has 27 nitrogen and oxygen atoms in total. The van der Waals surface area contributed by atoms with Gasteiger partial charge >= 0.3 is 6.03 Å². The number of nitrogens with two attached hydrogens (primary N) is 1. The van der Waals surface area contributed by atoms with E-state index in [1.165, 1.54) is 167 Å². The van der Waals surface area contributed by atoms with Gasteiger partial charge in [0, 0.05) is 43.5 Å². The van der Waals surface area contributed by atoms with Gasteiger partial charge in [-0.2, -0.15) is 11.8 Å². The van der Waals surface area contributed by atoms with E-state index in [2.05, 4.69) is 28.2 Å². The monoisotopic (exact) mass is 1590 g/mol. The third-order valence-electron chi connectivity index (χ3n) is 18.4. The lowest BCUT2D eigenvalue weighted by Crippen LogP contribution is -2.40. The number of fused-ring (bicyclic) bond motifs is 1. The molecule has 28 heteroatoms. The van der Waals surface area contributed by atoms with Gasteiger partial charge in [-0.1, -0.05) is 174 Å². The molecule has 2 saturated heterocycles. The minimum atomic E-state index is -0.101. The molecule has 0 aromatic heterocycles. The Morgan fingerprint density at radius 3 is 0.844 bits per heavy atom. The minimum Gasteiger partial charge on any atom is -0.379 e. The molecule has 2 fully saturated rings. The van der Waals surface area contributed by atoms with Crippen LogP contribution in [0.4, 0.5) is 4.79 Å². The van der Waals surface area contributed by atoms with E-state index in [9.17, 15) is 14.4 Å². The van der Waals surface area contributed by atoms with E-state index in [1.807, 2.05) is 11.8 Å². The molecule has 109 heavy (non-hydrogen) atoms. The highest BCUT2D eigenvalue weighted by atomic mass is 32.2. The van der Waals surface area contributed by atoms with E-state index < -0.39 is 0 Å². The molecule has 646 valence electrons. The van der Waals surface area contributed by atoms with Gasteiger partial charge in [-0.15, -0.1) is 0 Å². The second-order valence-corrected chi connectivity index (χ2v) is 28.9. The lowest BCUT2D eigenvalue weighted by molar-refractivity contribution is -0.123. The lowest BCUT2D eigenvalue weighted by Gasteiger charge is -2.27. The van der Waals surface area contributed by atoms with E-state index >= 15 is 0 Å². The topological polar surface area (TPSA) is 301 Å². The first-order chi connectivity index (χ1) is 54.0. The van der Waals surface area contributed by atoms with Crippen LogP contribution in [0.25, 0.3) is 0 Å². The van der Waals surface area contributed by atoms with Crippen LogP contribution in [-0.4, -0.2) is 312 Å². The summed E-state index contributed by atoms with van der Waals surface area (Å²) in [5.41, 5.74) is 5.35. The van der Waals surface area contributed by atoms with Gasteiger partial charge in [-0.3, -0.25) is 9.59 Å². The van der Waals surface area contributed by atoms with Crippen molar-refractivity contribution in [3.63, 3.8) is 0 Å². The van der Waals surface area contributed by atoms with Crippen LogP contribution >= 0.6 is 11.8 Å². The Labute approximate surface area is 663 Å². The van der Waals surface area contributed by atoms with E-state index in [1.54, 1.807) is 0 Å². The van der Waals surface area contributed by atoms with Gasteiger partial charge in [0.05, 0.1) is 263 Å². The fourth-order valence-electron chi connectivity index (χ4n) is 12.4. The molecule has 0 aliphatic carbocycles. The van der Waals surface area contributed by atoms with Crippen molar-refractivity contribution in [3.05, 3.63) is 0 Å². The number of carbonyl (C=O) groups excluding carboxylic acids is 3. The molecule has 4 amide bonds.